The number of benzene rings is 1. The topological polar surface area (TPSA) is 44.8 Å². The second kappa shape index (κ2) is 7.14. The number of ether oxygens (including phenoxy) is 1. The van der Waals surface area contributed by atoms with Crippen LogP contribution in [0, 0.1) is 0 Å². The standard InChI is InChI=1S/C15H23N3O2/c1-17-10-8-13(9-11-17)18(2)15(19)16-12-20-14-6-4-3-5-7-14/h3-7,13H,8-12H2,1-2H3,(H,16,19). The van der Waals surface area contributed by atoms with Gasteiger partial charge in [-0.15, -0.1) is 0 Å². The van der Waals surface area contributed by atoms with E-state index >= 15 is 0 Å². The summed E-state index contributed by atoms with van der Waals surface area (Å²) in [7, 11) is 3.97. The second-order valence-corrected chi connectivity index (χ2v) is 5.23. The lowest BCUT2D eigenvalue weighted by Crippen LogP contribution is -2.48. The molecule has 1 aromatic rings. The van der Waals surface area contributed by atoms with Crippen LogP contribution in [0.2, 0.25) is 0 Å². The van der Waals surface area contributed by atoms with Gasteiger partial charge in [0.1, 0.15) is 5.75 Å². The van der Waals surface area contributed by atoms with Gasteiger partial charge in [-0.1, -0.05) is 18.2 Å². The molecular formula is C15H23N3O2. The van der Waals surface area contributed by atoms with Crippen LogP contribution in [0.15, 0.2) is 30.3 Å². The Morgan fingerprint density at radius 1 is 1.35 bits per heavy atom. The summed E-state index contributed by atoms with van der Waals surface area (Å²) < 4.78 is 5.46. The molecule has 1 saturated heterocycles. The van der Waals surface area contributed by atoms with Crippen molar-refractivity contribution in [1.82, 2.24) is 15.1 Å². The molecule has 2 rings (SSSR count). The Morgan fingerprint density at radius 3 is 2.65 bits per heavy atom. The monoisotopic (exact) mass is 277 g/mol. The van der Waals surface area contributed by atoms with E-state index in [1.54, 1.807) is 4.90 Å². The van der Waals surface area contributed by atoms with E-state index in [1.165, 1.54) is 0 Å². The number of amides is 2. The van der Waals surface area contributed by atoms with Gasteiger partial charge in [0.05, 0.1) is 0 Å². The zero-order valence-electron chi connectivity index (χ0n) is 12.2. The van der Waals surface area contributed by atoms with Crippen LogP contribution in [0.5, 0.6) is 5.75 Å². The molecule has 5 nitrogen and oxygen atoms in total. The number of rotatable bonds is 4. The molecule has 0 radical (unpaired) electrons. The third kappa shape index (κ3) is 4.13. The zero-order valence-corrected chi connectivity index (χ0v) is 12.2. The number of carbonyl (C=O) groups excluding carboxylic acids is 1. The maximum atomic E-state index is 12.0. The van der Waals surface area contributed by atoms with Gasteiger partial charge in [0.2, 0.25) is 0 Å². The van der Waals surface area contributed by atoms with Gasteiger partial charge in [0, 0.05) is 13.1 Å². The summed E-state index contributed by atoms with van der Waals surface area (Å²) in [5, 5.41) is 2.79. The first-order chi connectivity index (χ1) is 9.66. The normalized spacial score (nSPS) is 16.7. The molecule has 20 heavy (non-hydrogen) atoms. The summed E-state index contributed by atoms with van der Waals surface area (Å²) in [4.78, 5) is 16.1. The summed E-state index contributed by atoms with van der Waals surface area (Å²) in [5.41, 5.74) is 0. The molecule has 0 aliphatic carbocycles. The molecule has 0 spiro atoms. The molecule has 1 aliphatic heterocycles. The Kier molecular flexibility index (Phi) is 5.24. The average Bonchev–Trinajstić information content (AvgIpc) is 2.48. The Hall–Kier alpha value is -1.75. The minimum atomic E-state index is -0.0736. The van der Waals surface area contributed by atoms with Gasteiger partial charge in [0.15, 0.2) is 6.73 Å². The summed E-state index contributed by atoms with van der Waals surface area (Å²) >= 11 is 0. The van der Waals surface area contributed by atoms with E-state index in [4.69, 9.17) is 4.74 Å². The van der Waals surface area contributed by atoms with Crippen molar-refractivity contribution < 1.29 is 9.53 Å². The number of nitrogens with one attached hydrogen (secondary N) is 1. The van der Waals surface area contributed by atoms with E-state index in [-0.39, 0.29) is 12.8 Å². The van der Waals surface area contributed by atoms with Crippen LogP contribution in [0.3, 0.4) is 0 Å². The SMILES string of the molecule is CN1CCC(N(C)C(=O)NCOc2ccccc2)CC1. The third-order valence-corrected chi connectivity index (χ3v) is 3.76. The quantitative estimate of drug-likeness (QED) is 0.853. The van der Waals surface area contributed by atoms with Gasteiger partial charge >= 0.3 is 6.03 Å². The highest BCUT2D eigenvalue weighted by molar-refractivity contribution is 5.74. The summed E-state index contributed by atoms with van der Waals surface area (Å²) in [6.45, 7) is 2.28. The Morgan fingerprint density at radius 2 is 2.00 bits per heavy atom. The van der Waals surface area contributed by atoms with E-state index in [0.29, 0.717) is 6.04 Å². The largest absolute Gasteiger partial charge is 0.473 e. The van der Waals surface area contributed by atoms with E-state index in [0.717, 1.165) is 31.7 Å². The van der Waals surface area contributed by atoms with Crippen LogP contribution >= 0.6 is 0 Å². The van der Waals surface area contributed by atoms with Crippen LogP contribution in [0.25, 0.3) is 0 Å². The highest BCUT2D eigenvalue weighted by Gasteiger charge is 2.23. The molecule has 0 aromatic heterocycles. The first-order valence-electron chi connectivity index (χ1n) is 7.04. The number of urea groups is 1. The number of piperidine rings is 1. The van der Waals surface area contributed by atoms with Crippen LogP contribution < -0.4 is 10.1 Å². The Balaban J connectivity index is 1.71. The van der Waals surface area contributed by atoms with Crippen LogP contribution in [-0.4, -0.2) is 55.8 Å². The highest BCUT2D eigenvalue weighted by Crippen LogP contribution is 2.14. The predicted octanol–water partition coefficient (Wildman–Crippen LogP) is 1.76. The minimum absolute atomic E-state index is 0.0736. The van der Waals surface area contributed by atoms with E-state index in [2.05, 4.69) is 17.3 Å². The van der Waals surface area contributed by atoms with Crippen molar-refractivity contribution >= 4 is 6.03 Å². The highest BCUT2D eigenvalue weighted by atomic mass is 16.5. The Bertz CT molecular complexity index is 416. The van der Waals surface area contributed by atoms with Crippen molar-refractivity contribution in [2.75, 3.05) is 33.9 Å². The summed E-state index contributed by atoms with van der Waals surface area (Å²) in [5.74, 6) is 0.759. The van der Waals surface area contributed by atoms with Gasteiger partial charge < -0.3 is 19.9 Å². The van der Waals surface area contributed by atoms with Crippen molar-refractivity contribution in [2.24, 2.45) is 0 Å². The first-order valence-corrected chi connectivity index (χ1v) is 7.04. The second-order valence-electron chi connectivity index (χ2n) is 5.23. The van der Waals surface area contributed by atoms with Gasteiger partial charge in [-0.2, -0.15) is 0 Å². The van der Waals surface area contributed by atoms with Crippen LogP contribution in [0.1, 0.15) is 12.8 Å². The predicted molar refractivity (Wildman–Crippen MR) is 78.8 cm³/mol. The van der Waals surface area contributed by atoms with Crippen LogP contribution in [-0.2, 0) is 0 Å². The molecule has 0 saturated carbocycles. The number of nitrogens with zero attached hydrogens (tertiary/aromatic N) is 2. The molecule has 1 aromatic carbocycles. The fraction of sp³-hybridized carbons (Fsp3) is 0.533. The van der Waals surface area contributed by atoms with Crippen molar-refractivity contribution in [2.45, 2.75) is 18.9 Å². The molecule has 2 amide bonds. The minimum Gasteiger partial charge on any atom is -0.473 e. The molecule has 1 heterocycles. The lowest BCUT2D eigenvalue weighted by atomic mass is 10.0. The molecule has 110 valence electrons. The number of hydrogen-bond donors (Lipinski definition) is 1. The van der Waals surface area contributed by atoms with Gasteiger partial charge in [-0.3, -0.25) is 0 Å². The first kappa shape index (κ1) is 14.7. The van der Waals surface area contributed by atoms with E-state index < -0.39 is 0 Å². The number of likely N-dealkylation sites (tertiary alicyclic amines) is 1. The number of carbonyl (C=O) groups is 1. The molecule has 1 fully saturated rings. The molecule has 1 aliphatic rings. The smallest absolute Gasteiger partial charge is 0.319 e. The maximum absolute atomic E-state index is 12.0. The van der Waals surface area contributed by atoms with Gasteiger partial charge in [0.25, 0.3) is 0 Å². The lowest BCUT2D eigenvalue weighted by Gasteiger charge is -2.35. The van der Waals surface area contributed by atoms with Gasteiger partial charge in [-0.05, 0) is 45.1 Å². The molecule has 0 bridgehead atoms. The summed E-state index contributed by atoms with van der Waals surface area (Å²) in [6.07, 6.45) is 2.06. The van der Waals surface area contributed by atoms with Crippen molar-refractivity contribution in [3.63, 3.8) is 0 Å². The molecular weight excluding hydrogens is 254 g/mol. The average molecular weight is 277 g/mol. The number of hydrogen-bond acceptors (Lipinski definition) is 3. The Labute approximate surface area is 120 Å². The third-order valence-electron chi connectivity index (χ3n) is 3.76. The number of para-hydroxylation sites is 1. The van der Waals surface area contributed by atoms with Crippen LogP contribution in [0.4, 0.5) is 4.79 Å². The van der Waals surface area contributed by atoms with E-state index in [9.17, 15) is 4.79 Å². The van der Waals surface area contributed by atoms with Gasteiger partial charge in [-0.25, -0.2) is 4.79 Å². The van der Waals surface area contributed by atoms with E-state index in [1.807, 2.05) is 37.4 Å². The maximum Gasteiger partial charge on any atom is 0.319 e. The molecule has 1 N–H and O–H groups in total. The van der Waals surface area contributed by atoms with Crippen molar-refractivity contribution in [1.29, 1.82) is 0 Å². The molecule has 5 heteroatoms. The van der Waals surface area contributed by atoms with Crippen molar-refractivity contribution in [3.05, 3.63) is 30.3 Å². The lowest BCUT2D eigenvalue weighted by molar-refractivity contribution is 0.142. The molecule has 0 atom stereocenters. The zero-order chi connectivity index (χ0) is 14.4. The fourth-order valence-corrected chi connectivity index (χ4v) is 2.37. The molecule has 0 unspecified atom stereocenters. The van der Waals surface area contributed by atoms with Crippen molar-refractivity contribution in [3.8, 4) is 5.75 Å². The summed E-state index contributed by atoms with van der Waals surface area (Å²) in [6, 6.07) is 9.72. The fourth-order valence-electron chi connectivity index (χ4n) is 2.37.